The first kappa shape index (κ1) is 6.39. The minimum atomic E-state index is -1.63. The van der Waals surface area contributed by atoms with E-state index in [1.54, 1.807) is 0 Å². The Kier molecular flexibility index (Phi) is 1.60. The lowest BCUT2D eigenvalue weighted by molar-refractivity contribution is 0.320. The van der Waals surface area contributed by atoms with Crippen molar-refractivity contribution in [3.05, 3.63) is 23.8 Å². The Balaban J connectivity index is 2.74. The van der Waals surface area contributed by atoms with Crippen LogP contribution in [0.15, 0.2) is 23.8 Å². The highest BCUT2D eigenvalue weighted by molar-refractivity contribution is 5.22. The van der Waals surface area contributed by atoms with E-state index in [9.17, 15) is 13.2 Å². The monoisotopic (exact) mass is 134 g/mol. The van der Waals surface area contributed by atoms with Gasteiger partial charge >= 0.3 is 0 Å². The Labute approximate surface area is 50.7 Å². The van der Waals surface area contributed by atoms with Crippen molar-refractivity contribution in [1.82, 2.24) is 0 Å². The molecule has 50 valence electrons. The van der Waals surface area contributed by atoms with Crippen molar-refractivity contribution in [2.24, 2.45) is 0 Å². The topological polar surface area (TPSA) is 0 Å². The van der Waals surface area contributed by atoms with Crippen LogP contribution in [0.4, 0.5) is 13.2 Å². The van der Waals surface area contributed by atoms with E-state index in [0.717, 1.165) is 6.08 Å². The molecule has 0 bridgehead atoms. The summed E-state index contributed by atoms with van der Waals surface area (Å²) >= 11 is 0. The molecule has 0 N–H and O–H groups in total. The molecule has 0 aromatic carbocycles. The smallest absolute Gasteiger partial charge is 0.155 e. The molecule has 0 amide bonds. The SMILES string of the molecule is FC1=CCC(F)C(F)=C1. The second-order valence-electron chi connectivity index (χ2n) is 1.82. The lowest BCUT2D eigenvalue weighted by Gasteiger charge is -2.05. The van der Waals surface area contributed by atoms with Crippen LogP contribution in [0.3, 0.4) is 0 Å². The maximum absolute atomic E-state index is 12.1. The molecule has 1 rings (SSSR count). The maximum Gasteiger partial charge on any atom is 0.155 e. The Morgan fingerprint density at radius 2 is 2.11 bits per heavy atom. The van der Waals surface area contributed by atoms with Gasteiger partial charge in [0.05, 0.1) is 0 Å². The van der Waals surface area contributed by atoms with Crippen molar-refractivity contribution >= 4 is 0 Å². The van der Waals surface area contributed by atoms with Gasteiger partial charge in [0.15, 0.2) is 6.17 Å². The fourth-order valence-corrected chi connectivity index (χ4v) is 0.610. The molecule has 0 radical (unpaired) electrons. The normalized spacial score (nSPS) is 27.2. The molecular formula is C6H5F3. The molecule has 0 saturated carbocycles. The highest BCUT2D eigenvalue weighted by atomic mass is 19.2. The van der Waals surface area contributed by atoms with Gasteiger partial charge in [-0.15, -0.1) is 0 Å². The van der Waals surface area contributed by atoms with E-state index >= 15 is 0 Å². The van der Waals surface area contributed by atoms with Gasteiger partial charge in [-0.1, -0.05) is 0 Å². The van der Waals surface area contributed by atoms with E-state index in [0.29, 0.717) is 6.08 Å². The Hall–Kier alpha value is -0.730. The highest BCUT2D eigenvalue weighted by Crippen LogP contribution is 2.21. The van der Waals surface area contributed by atoms with Crippen LogP contribution >= 0.6 is 0 Å². The first-order valence-corrected chi connectivity index (χ1v) is 2.57. The summed E-state index contributed by atoms with van der Waals surface area (Å²) in [6.45, 7) is 0. The minimum absolute atomic E-state index is 0.186. The molecular weight excluding hydrogens is 129 g/mol. The zero-order valence-corrected chi connectivity index (χ0v) is 4.57. The molecule has 0 fully saturated rings. The van der Waals surface area contributed by atoms with Crippen LogP contribution in [0.1, 0.15) is 6.42 Å². The number of hydrogen-bond donors (Lipinski definition) is 0. The number of alkyl halides is 1. The molecule has 1 aliphatic carbocycles. The summed E-state index contributed by atoms with van der Waals surface area (Å²) in [6, 6.07) is 0. The Bertz CT molecular complexity index is 169. The first-order chi connectivity index (χ1) is 4.20. The van der Waals surface area contributed by atoms with Crippen LogP contribution in [-0.4, -0.2) is 6.17 Å². The fourth-order valence-electron chi connectivity index (χ4n) is 0.610. The van der Waals surface area contributed by atoms with Crippen molar-refractivity contribution in [1.29, 1.82) is 0 Å². The molecule has 1 aliphatic rings. The summed E-state index contributed by atoms with van der Waals surface area (Å²) in [7, 11) is 0. The summed E-state index contributed by atoms with van der Waals surface area (Å²) in [5, 5.41) is 0. The van der Waals surface area contributed by atoms with Crippen molar-refractivity contribution in [3.8, 4) is 0 Å². The van der Waals surface area contributed by atoms with Gasteiger partial charge in [-0.25, -0.2) is 13.2 Å². The third kappa shape index (κ3) is 1.34. The van der Waals surface area contributed by atoms with Crippen molar-refractivity contribution < 1.29 is 13.2 Å². The summed E-state index contributed by atoms with van der Waals surface area (Å²) < 4.78 is 36.1. The maximum atomic E-state index is 12.1. The van der Waals surface area contributed by atoms with Gasteiger partial charge < -0.3 is 0 Å². The second kappa shape index (κ2) is 2.25. The zero-order chi connectivity index (χ0) is 6.85. The van der Waals surface area contributed by atoms with E-state index in [1.165, 1.54) is 0 Å². The van der Waals surface area contributed by atoms with E-state index < -0.39 is 17.8 Å². The summed E-state index contributed by atoms with van der Waals surface area (Å²) in [5.74, 6) is -1.71. The lowest BCUT2D eigenvalue weighted by Crippen LogP contribution is -2.02. The molecule has 0 spiro atoms. The number of hydrogen-bond acceptors (Lipinski definition) is 0. The van der Waals surface area contributed by atoms with Gasteiger partial charge in [-0.3, -0.25) is 0 Å². The molecule has 0 nitrogen and oxygen atoms in total. The van der Waals surface area contributed by atoms with Gasteiger partial charge in [0.25, 0.3) is 0 Å². The molecule has 3 heteroatoms. The molecule has 0 aromatic rings. The minimum Gasteiger partial charge on any atom is -0.239 e. The van der Waals surface area contributed by atoms with Gasteiger partial charge in [0, 0.05) is 12.5 Å². The molecule has 1 atom stereocenters. The predicted octanol–water partition coefficient (Wildman–Crippen LogP) is 2.44. The van der Waals surface area contributed by atoms with Crippen LogP contribution in [-0.2, 0) is 0 Å². The number of halogens is 3. The molecule has 9 heavy (non-hydrogen) atoms. The van der Waals surface area contributed by atoms with Crippen molar-refractivity contribution in [2.45, 2.75) is 12.6 Å². The van der Waals surface area contributed by atoms with Crippen molar-refractivity contribution in [3.63, 3.8) is 0 Å². The molecule has 0 aliphatic heterocycles. The van der Waals surface area contributed by atoms with Crippen molar-refractivity contribution in [2.75, 3.05) is 0 Å². The highest BCUT2D eigenvalue weighted by Gasteiger charge is 2.15. The van der Waals surface area contributed by atoms with Gasteiger partial charge in [0.1, 0.15) is 11.7 Å². The van der Waals surface area contributed by atoms with E-state index in [2.05, 4.69) is 0 Å². The molecule has 1 unspecified atom stereocenters. The number of allylic oxidation sites excluding steroid dienone is 4. The summed E-state index contributed by atoms with van der Waals surface area (Å²) in [4.78, 5) is 0. The third-order valence-electron chi connectivity index (χ3n) is 1.09. The second-order valence-corrected chi connectivity index (χ2v) is 1.82. The Morgan fingerprint density at radius 3 is 2.56 bits per heavy atom. The van der Waals surface area contributed by atoms with Crippen LogP contribution in [0.25, 0.3) is 0 Å². The first-order valence-electron chi connectivity index (χ1n) is 2.57. The quantitative estimate of drug-likeness (QED) is 0.477. The largest absolute Gasteiger partial charge is 0.239 e. The van der Waals surface area contributed by atoms with Gasteiger partial charge in [-0.05, 0) is 6.08 Å². The average molecular weight is 134 g/mol. The summed E-state index contributed by atoms with van der Waals surface area (Å²) in [5.41, 5.74) is 0. The Morgan fingerprint density at radius 1 is 1.44 bits per heavy atom. The van der Waals surface area contributed by atoms with E-state index in [4.69, 9.17) is 0 Å². The lowest BCUT2D eigenvalue weighted by atomic mass is 10.1. The van der Waals surface area contributed by atoms with E-state index in [1.807, 2.05) is 0 Å². The summed E-state index contributed by atoms with van der Waals surface area (Å²) in [6.07, 6.45) is -0.236. The fraction of sp³-hybridized carbons (Fsp3) is 0.333. The van der Waals surface area contributed by atoms with E-state index in [-0.39, 0.29) is 6.42 Å². The van der Waals surface area contributed by atoms with Crippen LogP contribution in [0, 0.1) is 0 Å². The van der Waals surface area contributed by atoms with Gasteiger partial charge in [0.2, 0.25) is 0 Å². The van der Waals surface area contributed by atoms with Crippen LogP contribution in [0.5, 0.6) is 0 Å². The number of rotatable bonds is 0. The standard InChI is InChI=1S/C6H5F3/c7-4-1-2-5(8)6(9)3-4/h1,3,5H,2H2. The van der Waals surface area contributed by atoms with Crippen LogP contribution in [0.2, 0.25) is 0 Å². The average Bonchev–Trinajstić information content (AvgIpc) is 1.80. The third-order valence-corrected chi connectivity index (χ3v) is 1.09. The van der Waals surface area contributed by atoms with Crippen LogP contribution < -0.4 is 0 Å². The van der Waals surface area contributed by atoms with Gasteiger partial charge in [-0.2, -0.15) is 0 Å². The zero-order valence-electron chi connectivity index (χ0n) is 4.57. The molecule has 0 aromatic heterocycles. The predicted molar refractivity (Wildman–Crippen MR) is 27.9 cm³/mol. The molecule has 0 heterocycles. The molecule has 0 saturated heterocycles.